The fourth-order valence-corrected chi connectivity index (χ4v) is 1.54. The van der Waals surface area contributed by atoms with E-state index < -0.39 is 0 Å². The van der Waals surface area contributed by atoms with Gasteiger partial charge in [-0.1, -0.05) is 13.0 Å². The van der Waals surface area contributed by atoms with Gasteiger partial charge in [0.1, 0.15) is 0 Å². The molecule has 0 unspecified atom stereocenters. The second-order valence-corrected chi connectivity index (χ2v) is 3.42. The lowest BCUT2D eigenvalue weighted by atomic mass is 10.0. The van der Waals surface area contributed by atoms with Crippen molar-refractivity contribution in [1.82, 2.24) is 4.98 Å². The summed E-state index contributed by atoms with van der Waals surface area (Å²) in [6.07, 6.45) is 4.14. The van der Waals surface area contributed by atoms with E-state index in [0.29, 0.717) is 13.0 Å². The molecule has 0 atom stereocenters. The summed E-state index contributed by atoms with van der Waals surface area (Å²) in [7, 11) is 0. The number of hydrogen-bond donors (Lipinski definition) is 0. The average molecular weight is 219 g/mol. The Morgan fingerprint density at radius 1 is 1.44 bits per heavy atom. The second-order valence-electron chi connectivity index (χ2n) is 3.42. The van der Waals surface area contributed by atoms with E-state index >= 15 is 0 Å². The molecule has 1 aromatic heterocycles. The van der Waals surface area contributed by atoms with E-state index in [4.69, 9.17) is 4.74 Å². The fraction of sp³-hybridized carbons (Fsp3) is 0.385. The van der Waals surface area contributed by atoms with Gasteiger partial charge in [-0.2, -0.15) is 0 Å². The van der Waals surface area contributed by atoms with Crippen LogP contribution in [0.5, 0.6) is 0 Å². The van der Waals surface area contributed by atoms with Crippen molar-refractivity contribution in [3.8, 4) is 0 Å². The molecule has 0 fully saturated rings. The van der Waals surface area contributed by atoms with Crippen molar-refractivity contribution in [3.05, 3.63) is 35.7 Å². The Morgan fingerprint density at radius 3 is 2.69 bits per heavy atom. The predicted molar refractivity (Wildman–Crippen MR) is 63.8 cm³/mol. The molecule has 0 N–H and O–H groups in total. The van der Waals surface area contributed by atoms with Crippen molar-refractivity contribution in [3.63, 3.8) is 0 Å². The monoisotopic (exact) mass is 219 g/mol. The molecule has 0 spiro atoms. The lowest BCUT2D eigenvalue weighted by Gasteiger charge is -2.09. The van der Waals surface area contributed by atoms with E-state index in [9.17, 15) is 4.79 Å². The number of allylic oxidation sites excluding steroid dienone is 1. The molecule has 0 aromatic carbocycles. The number of hydrogen-bond acceptors (Lipinski definition) is 3. The lowest BCUT2D eigenvalue weighted by molar-refractivity contribution is -0.138. The Bertz CT molecular complexity index is 382. The number of rotatable bonds is 4. The van der Waals surface area contributed by atoms with Gasteiger partial charge in [0.15, 0.2) is 0 Å². The molecule has 1 heterocycles. The Morgan fingerprint density at radius 2 is 2.19 bits per heavy atom. The molecule has 86 valence electrons. The quantitative estimate of drug-likeness (QED) is 0.577. The first-order valence-corrected chi connectivity index (χ1v) is 5.48. The molecule has 1 aromatic rings. The molecule has 0 aliphatic heterocycles. The number of nitrogens with zero attached hydrogens (tertiary/aromatic N) is 1. The molecule has 16 heavy (non-hydrogen) atoms. The highest BCUT2D eigenvalue weighted by molar-refractivity contribution is 5.97. The van der Waals surface area contributed by atoms with Gasteiger partial charge in [-0.3, -0.25) is 4.98 Å². The summed E-state index contributed by atoms with van der Waals surface area (Å²) < 4.78 is 5.02. The lowest BCUT2D eigenvalue weighted by Crippen LogP contribution is -2.08. The maximum atomic E-state index is 11.7. The average Bonchev–Trinajstić information content (AvgIpc) is 2.31. The van der Waals surface area contributed by atoms with E-state index in [-0.39, 0.29) is 5.97 Å². The molecule has 0 amide bonds. The Labute approximate surface area is 96.2 Å². The van der Waals surface area contributed by atoms with Crippen LogP contribution in [0.1, 0.15) is 32.8 Å². The first-order valence-electron chi connectivity index (χ1n) is 5.48. The van der Waals surface area contributed by atoms with Crippen LogP contribution in [0.4, 0.5) is 0 Å². The van der Waals surface area contributed by atoms with E-state index in [1.807, 2.05) is 32.9 Å². The molecule has 0 aliphatic carbocycles. The largest absolute Gasteiger partial charge is 0.463 e. The first kappa shape index (κ1) is 12.4. The maximum absolute atomic E-state index is 11.7. The molecule has 0 radical (unpaired) electrons. The SMILES string of the molecule is CCOC(=O)C(CC)=C(C)c1cccnc1. The van der Waals surface area contributed by atoms with Gasteiger partial charge in [-0.05, 0) is 37.5 Å². The number of pyridine rings is 1. The summed E-state index contributed by atoms with van der Waals surface area (Å²) >= 11 is 0. The van der Waals surface area contributed by atoms with Gasteiger partial charge in [0.05, 0.1) is 6.61 Å². The highest BCUT2D eigenvalue weighted by atomic mass is 16.5. The zero-order valence-corrected chi connectivity index (χ0v) is 9.99. The number of esters is 1. The van der Waals surface area contributed by atoms with Crippen LogP contribution in [0, 0.1) is 0 Å². The van der Waals surface area contributed by atoms with E-state index in [0.717, 1.165) is 16.7 Å². The van der Waals surface area contributed by atoms with Crippen molar-refractivity contribution in [2.24, 2.45) is 0 Å². The highest BCUT2D eigenvalue weighted by Crippen LogP contribution is 2.20. The molecular weight excluding hydrogens is 202 g/mol. The van der Waals surface area contributed by atoms with Gasteiger partial charge < -0.3 is 4.74 Å². The number of ether oxygens (including phenoxy) is 1. The number of carbonyl (C=O) groups excluding carboxylic acids is 1. The summed E-state index contributed by atoms with van der Waals surface area (Å²) in [5, 5.41) is 0. The third-order valence-corrected chi connectivity index (χ3v) is 2.42. The van der Waals surface area contributed by atoms with Gasteiger partial charge >= 0.3 is 5.97 Å². The minimum absolute atomic E-state index is 0.230. The van der Waals surface area contributed by atoms with Crippen LogP contribution in [0.3, 0.4) is 0 Å². The Balaban J connectivity index is 3.04. The summed E-state index contributed by atoms with van der Waals surface area (Å²) in [6, 6.07) is 3.80. The number of aromatic nitrogens is 1. The Kier molecular flexibility index (Phi) is 4.70. The number of carbonyl (C=O) groups is 1. The van der Waals surface area contributed by atoms with Crippen LogP contribution in [-0.2, 0) is 9.53 Å². The van der Waals surface area contributed by atoms with Gasteiger partial charge in [0.25, 0.3) is 0 Å². The van der Waals surface area contributed by atoms with E-state index in [1.54, 1.807) is 12.4 Å². The minimum Gasteiger partial charge on any atom is -0.463 e. The van der Waals surface area contributed by atoms with Crippen LogP contribution in [0.25, 0.3) is 5.57 Å². The zero-order chi connectivity index (χ0) is 12.0. The molecule has 3 heteroatoms. The predicted octanol–water partition coefficient (Wildman–Crippen LogP) is 2.83. The second kappa shape index (κ2) is 6.05. The highest BCUT2D eigenvalue weighted by Gasteiger charge is 2.12. The smallest absolute Gasteiger partial charge is 0.334 e. The fourth-order valence-electron chi connectivity index (χ4n) is 1.54. The van der Waals surface area contributed by atoms with Crippen molar-refractivity contribution in [2.45, 2.75) is 27.2 Å². The van der Waals surface area contributed by atoms with Crippen molar-refractivity contribution in [2.75, 3.05) is 6.61 Å². The molecule has 0 saturated heterocycles. The summed E-state index contributed by atoms with van der Waals surface area (Å²) in [5.74, 6) is -0.230. The summed E-state index contributed by atoms with van der Waals surface area (Å²) in [5.41, 5.74) is 2.62. The van der Waals surface area contributed by atoms with E-state index in [1.165, 1.54) is 0 Å². The molecular formula is C13H17NO2. The van der Waals surface area contributed by atoms with Gasteiger partial charge in [0, 0.05) is 18.0 Å². The normalized spacial score (nSPS) is 11.9. The molecule has 1 rings (SSSR count). The first-order chi connectivity index (χ1) is 7.70. The van der Waals surface area contributed by atoms with Crippen molar-refractivity contribution < 1.29 is 9.53 Å². The maximum Gasteiger partial charge on any atom is 0.334 e. The molecule has 3 nitrogen and oxygen atoms in total. The van der Waals surface area contributed by atoms with Crippen LogP contribution in [-0.4, -0.2) is 17.6 Å². The molecule has 0 aliphatic rings. The van der Waals surface area contributed by atoms with E-state index in [2.05, 4.69) is 4.98 Å². The van der Waals surface area contributed by atoms with Crippen molar-refractivity contribution in [1.29, 1.82) is 0 Å². The summed E-state index contributed by atoms with van der Waals surface area (Å²) in [4.78, 5) is 15.7. The molecule has 0 saturated carbocycles. The standard InChI is InChI=1S/C13H17NO2/c1-4-12(13(15)16-5-2)10(3)11-7-6-8-14-9-11/h6-9H,4-5H2,1-3H3. The third-order valence-electron chi connectivity index (χ3n) is 2.42. The van der Waals surface area contributed by atoms with Gasteiger partial charge in [-0.25, -0.2) is 4.79 Å². The molecule has 0 bridgehead atoms. The Hall–Kier alpha value is -1.64. The zero-order valence-electron chi connectivity index (χ0n) is 9.99. The van der Waals surface area contributed by atoms with Crippen LogP contribution in [0.2, 0.25) is 0 Å². The van der Waals surface area contributed by atoms with Crippen LogP contribution < -0.4 is 0 Å². The van der Waals surface area contributed by atoms with Crippen LogP contribution in [0.15, 0.2) is 30.1 Å². The van der Waals surface area contributed by atoms with Gasteiger partial charge in [-0.15, -0.1) is 0 Å². The topological polar surface area (TPSA) is 39.2 Å². The third kappa shape index (κ3) is 2.92. The summed E-state index contributed by atoms with van der Waals surface area (Å²) in [6.45, 7) is 6.09. The van der Waals surface area contributed by atoms with Crippen molar-refractivity contribution >= 4 is 11.5 Å². The van der Waals surface area contributed by atoms with Crippen LogP contribution >= 0.6 is 0 Å². The van der Waals surface area contributed by atoms with Gasteiger partial charge in [0.2, 0.25) is 0 Å². The minimum atomic E-state index is -0.230.